The smallest absolute Gasteiger partial charge is 0.402 e. The first-order valence-corrected chi connectivity index (χ1v) is 8.96. The van der Waals surface area contributed by atoms with Gasteiger partial charge in [-0.05, 0) is 23.8 Å². The number of alkyl halides is 3. The molecule has 0 atom stereocenters. The molecule has 0 unspecified atom stereocenters. The van der Waals surface area contributed by atoms with Crippen molar-refractivity contribution in [1.82, 2.24) is 4.31 Å². The summed E-state index contributed by atoms with van der Waals surface area (Å²) in [5.74, 6) is -1.38. The fraction of sp³-hybridized carbons (Fsp3) is 0.188. The molecule has 0 radical (unpaired) electrons. The first-order valence-electron chi connectivity index (χ1n) is 7.14. The maximum Gasteiger partial charge on any atom is 0.402 e. The Labute approximate surface area is 152 Å². The van der Waals surface area contributed by atoms with E-state index in [0.717, 1.165) is 18.2 Å². The first kappa shape index (κ1) is 20.2. The van der Waals surface area contributed by atoms with Gasteiger partial charge in [-0.25, -0.2) is 13.2 Å². The number of nitrogens with zero attached hydrogens (tertiary/aromatic N) is 1. The molecule has 0 bridgehead atoms. The van der Waals surface area contributed by atoms with Gasteiger partial charge < -0.3 is 5.11 Å². The van der Waals surface area contributed by atoms with Gasteiger partial charge in [-0.15, -0.1) is 0 Å². The number of benzene rings is 2. The number of carbonyl (C=O) groups is 1. The van der Waals surface area contributed by atoms with Gasteiger partial charge in [-0.1, -0.05) is 41.9 Å². The van der Waals surface area contributed by atoms with Crippen molar-refractivity contribution in [2.24, 2.45) is 0 Å². The van der Waals surface area contributed by atoms with Crippen LogP contribution in [-0.2, 0) is 16.6 Å². The van der Waals surface area contributed by atoms with Crippen LogP contribution in [0.2, 0.25) is 5.02 Å². The third kappa shape index (κ3) is 4.96. The maximum atomic E-state index is 12.9. The van der Waals surface area contributed by atoms with Crippen molar-refractivity contribution in [3.05, 3.63) is 64.7 Å². The van der Waals surface area contributed by atoms with Crippen LogP contribution in [0.5, 0.6) is 0 Å². The molecule has 2 aromatic rings. The lowest BCUT2D eigenvalue weighted by Gasteiger charge is -2.23. The standard InChI is InChI=1S/C16H13ClF3NO4S/c17-14-8-12(6-7-13(14)15(22)23)26(24,25)21(10-16(18,19)20)9-11-4-2-1-3-5-11/h1-8H,9-10H2,(H,22,23). The highest BCUT2D eigenvalue weighted by Gasteiger charge is 2.37. The van der Waals surface area contributed by atoms with Gasteiger partial charge in [-0.3, -0.25) is 0 Å². The second kappa shape index (κ2) is 7.65. The summed E-state index contributed by atoms with van der Waals surface area (Å²) in [5, 5.41) is 8.54. The van der Waals surface area contributed by atoms with E-state index in [1.54, 1.807) is 18.2 Å². The Balaban J connectivity index is 2.44. The van der Waals surface area contributed by atoms with E-state index < -0.39 is 40.2 Å². The summed E-state index contributed by atoms with van der Waals surface area (Å²) in [5.41, 5.74) is 0.0182. The van der Waals surface area contributed by atoms with Crippen molar-refractivity contribution in [1.29, 1.82) is 0 Å². The van der Waals surface area contributed by atoms with Gasteiger partial charge in [0.25, 0.3) is 0 Å². The lowest BCUT2D eigenvalue weighted by atomic mass is 10.2. The SMILES string of the molecule is O=C(O)c1ccc(S(=O)(=O)N(Cc2ccccc2)CC(F)(F)F)cc1Cl. The summed E-state index contributed by atoms with van der Waals surface area (Å²) in [4.78, 5) is 10.4. The van der Waals surface area contributed by atoms with Crippen LogP contribution in [0, 0.1) is 0 Å². The Bertz CT molecular complexity index is 901. The van der Waals surface area contributed by atoms with Crippen LogP contribution in [-0.4, -0.2) is 36.5 Å². The van der Waals surface area contributed by atoms with Crippen LogP contribution in [0.3, 0.4) is 0 Å². The van der Waals surface area contributed by atoms with Gasteiger partial charge in [0.1, 0.15) is 6.54 Å². The molecule has 0 saturated carbocycles. The fourth-order valence-electron chi connectivity index (χ4n) is 2.19. The van der Waals surface area contributed by atoms with Crippen LogP contribution < -0.4 is 0 Å². The molecule has 0 aliphatic carbocycles. The van der Waals surface area contributed by atoms with Gasteiger partial charge in [0.15, 0.2) is 0 Å². The van der Waals surface area contributed by atoms with Crippen LogP contribution in [0.25, 0.3) is 0 Å². The van der Waals surface area contributed by atoms with Gasteiger partial charge in [0.2, 0.25) is 10.0 Å². The van der Waals surface area contributed by atoms with Gasteiger partial charge in [0, 0.05) is 6.54 Å². The van der Waals surface area contributed by atoms with E-state index in [-0.39, 0.29) is 14.9 Å². The van der Waals surface area contributed by atoms with Gasteiger partial charge in [0.05, 0.1) is 15.5 Å². The van der Waals surface area contributed by atoms with E-state index in [1.807, 2.05) is 0 Å². The summed E-state index contributed by atoms with van der Waals surface area (Å²) in [6.45, 7) is -2.19. The van der Waals surface area contributed by atoms with Crippen molar-refractivity contribution in [2.45, 2.75) is 17.6 Å². The molecule has 5 nitrogen and oxygen atoms in total. The highest BCUT2D eigenvalue weighted by atomic mass is 35.5. The Morgan fingerprint density at radius 2 is 1.73 bits per heavy atom. The molecular formula is C16H13ClF3NO4S. The number of sulfonamides is 1. The Hall–Kier alpha value is -2.10. The molecule has 0 saturated heterocycles. The van der Waals surface area contributed by atoms with Crippen LogP contribution in [0.4, 0.5) is 13.2 Å². The molecule has 0 spiro atoms. The zero-order valence-corrected chi connectivity index (χ0v) is 14.6. The molecule has 0 aromatic heterocycles. The largest absolute Gasteiger partial charge is 0.478 e. The van der Waals surface area contributed by atoms with Gasteiger partial charge in [-0.2, -0.15) is 17.5 Å². The minimum atomic E-state index is -4.76. The second-order valence-electron chi connectivity index (χ2n) is 5.32. The van der Waals surface area contributed by atoms with Crippen LogP contribution in [0.15, 0.2) is 53.4 Å². The van der Waals surface area contributed by atoms with E-state index in [1.165, 1.54) is 12.1 Å². The molecule has 0 heterocycles. The first-order chi connectivity index (χ1) is 12.0. The summed E-state index contributed by atoms with van der Waals surface area (Å²) in [6.07, 6.45) is -4.76. The summed E-state index contributed by atoms with van der Waals surface area (Å²) in [6, 6.07) is 10.5. The van der Waals surface area contributed by atoms with Crippen molar-refractivity contribution in [3.63, 3.8) is 0 Å². The third-order valence-electron chi connectivity index (χ3n) is 3.37. The highest BCUT2D eigenvalue weighted by molar-refractivity contribution is 7.89. The summed E-state index contributed by atoms with van der Waals surface area (Å²) in [7, 11) is -4.56. The predicted octanol–water partition coefficient (Wildman–Crippen LogP) is 3.79. The maximum absolute atomic E-state index is 12.9. The van der Waals surface area contributed by atoms with E-state index in [0.29, 0.717) is 5.56 Å². The minimum absolute atomic E-state index is 0.272. The van der Waals surface area contributed by atoms with Crippen molar-refractivity contribution in [3.8, 4) is 0 Å². The normalized spacial score (nSPS) is 12.3. The number of rotatable bonds is 6. The third-order valence-corrected chi connectivity index (χ3v) is 5.47. The lowest BCUT2D eigenvalue weighted by Crippen LogP contribution is -2.38. The number of carboxylic acids is 1. The molecule has 26 heavy (non-hydrogen) atoms. The minimum Gasteiger partial charge on any atom is -0.478 e. The molecule has 10 heteroatoms. The van der Waals surface area contributed by atoms with E-state index in [4.69, 9.17) is 16.7 Å². The van der Waals surface area contributed by atoms with Crippen LogP contribution in [0.1, 0.15) is 15.9 Å². The number of carboxylic acid groups (broad SMARTS) is 1. The zero-order chi connectivity index (χ0) is 19.5. The highest BCUT2D eigenvalue weighted by Crippen LogP contribution is 2.27. The summed E-state index contributed by atoms with van der Waals surface area (Å²) >= 11 is 5.74. The molecule has 0 aliphatic heterocycles. The number of hydrogen-bond acceptors (Lipinski definition) is 3. The number of hydrogen-bond donors (Lipinski definition) is 1. The lowest BCUT2D eigenvalue weighted by molar-refractivity contribution is -0.136. The van der Waals surface area contributed by atoms with Gasteiger partial charge >= 0.3 is 12.1 Å². The van der Waals surface area contributed by atoms with Crippen molar-refractivity contribution >= 4 is 27.6 Å². The molecule has 2 rings (SSSR count). The fourth-order valence-corrected chi connectivity index (χ4v) is 3.96. The molecule has 0 amide bonds. The van der Waals surface area contributed by atoms with Crippen molar-refractivity contribution in [2.75, 3.05) is 6.54 Å². The Morgan fingerprint density at radius 1 is 1.12 bits per heavy atom. The molecule has 1 N–H and O–H groups in total. The van der Waals surface area contributed by atoms with Crippen molar-refractivity contribution < 1.29 is 31.5 Å². The second-order valence-corrected chi connectivity index (χ2v) is 7.67. The number of halogens is 4. The Kier molecular flexibility index (Phi) is 5.94. The topological polar surface area (TPSA) is 74.7 Å². The summed E-state index contributed by atoms with van der Waals surface area (Å²) < 4.78 is 64.3. The van der Waals surface area contributed by atoms with E-state index in [2.05, 4.69) is 0 Å². The monoisotopic (exact) mass is 407 g/mol. The quantitative estimate of drug-likeness (QED) is 0.790. The Morgan fingerprint density at radius 3 is 2.23 bits per heavy atom. The predicted molar refractivity (Wildman–Crippen MR) is 88.5 cm³/mol. The molecule has 140 valence electrons. The molecular weight excluding hydrogens is 395 g/mol. The zero-order valence-electron chi connectivity index (χ0n) is 13.1. The number of aromatic carboxylic acids is 1. The average Bonchev–Trinajstić information content (AvgIpc) is 2.53. The molecule has 0 aliphatic rings. The average molecular weight is 408 g/mol. The van der Waals surface area contributed by atoms with E-state index >= 15 is 0 Å². The molecule has 2 aromatic carbocycles. The van der Waals surface area contributed by atoms with Crippen LogP contribution >= 0.6 is 11.6 Å². The van der Waals surface area contributed by atoms with E-state index in [9.17, 15) is 26.4 Å². The molecule has 0 fully saturated rings.